The highest BCUT2D eigenvalue weighted by Crippen LogP contribution is 2.31. The number of ether oxygens (including phenoxy) is 1. The van der Waals surface area contributed by atoms with Gasteiger partial charge in [0.2, 0.25) is 0 Å². The monoisotopic (exact) mass is 331 g/mol. The molecule has 0 aromatic carbocycles. The van der Waals surface area contributed by atoms with Crippen molar-refractivity contribution in [2.24, 2.45) is 0 Å². The van der Waals surface area contributed by atoms with Gasteiger partial charge in [-0.2, -0.15) is 0 Å². The summed E-state index contributed by atoms with van der Waals surface area (Å²) in [5, 5.41) is 13.5. The molecule has 7 heteroatoms. The van der Waals surface area contributed by atoms with Crippen LogP contribution in [-0.2, 0) is 11.2 Å². The van der Waals surface area contributed by atoms with Crippen molar-refractivity contribution in [3.63, 3.8) is 0 Å². The molecule has 18 heavy (non-hydrogen) atoms. The molecular weight excluding hydrogens is 318 g/mol. The van der Waals surface area contributed by atoms with E-state index in [1.807, 2.05) is 6.07 Å². The Labute approximate surface area is 118 Å². The van der Waals surface area contributed by atoms with Crippen LogP contribution in [0.25, 0.3) is 10.6 Å². The van der Waals surface area contributed by atoms with Gasteiger partial charge in [-0.15, -0.1) is 10.2 Å². The zero-order valence-electron chi connectivity index (χ0n) is 9.98. The second-order valence-corrected chi connectivity index (χ2v) is 5.38. The molecule has 0 fully saturated rings. The van der Waals surface area contributed by atoms with Crippen LogP contribution < -0.4 is 5.32 Å². The van der Waals surface area contributed by atoms with Crippen molar-refractivity contribution in [1.29, 1.82) is 0 Å². The highest BCUT2D eigenvalue weighted by Gasteiger charge is 2.11. The number of furan rings is 1. The number of nitrogens with zero attached hydrogens (tertiary/aromatic N) is 2. The van der Waals surface area contributed by atoms with Crippen molar-refractivity contribution < 1.29 is 9.15 Å². The lowest BCUT2D eigenvalue weighted by Crippen LogP contribution is -2.21. The smallest absolute Gasteiger partial charge is 0.179 e. The molecule has 2 aromatic rings. The van der Waals surface area contributed by atoms with Gasteiger partial charge < -0.3 is 14.5 Å². The van der Waals surface area contributed by atoms with Crippen molar-refractivity contribution in [2.45, 2.75) is 6.42 Å². The molecule has 2 aromatic heterocycles. The largest absolute Gasteiger partial charge is 0.457 e. The molecule has 2 heterocycles. The molecule has 0 aliphatic rings. The number of halogens is 1. The van der Waals surface area contributed by atoms with Crippen molar-refractivity contribution >= 4 is 27.3 Å². The summed E-state index contributed by atoms with van der Waals surface area (Å²) in [4.78, 5) is 0. The molecule has 0 unspecified atom stereocenters. The van der Waals surface area contributed by atoms with Gasteiger partial charge in [-0.05, 0) is 22.0 Å². The number of nitrogens with one attached hydrogen (secondary N) is 1. The van der Waals surface area contributed by atoms with E-state index in [1.165, 1.54) is 0 Å². The Morgan fingerprint density at radius 2 is 2.33 bits per heavy atom. The van der Waals surface area contributed by atoms with Crippen molar-refractivity contribution in [3.8, 4) is 10.6 Å². The van der Waals surface area contributed by atoms with E-state index < -0.39 is 0 Å². The fourth-order valence-corrected chi connectivity index (χ4v) is 2.82. The summed E-state index contributed by atoms with van der Waals surface area (Å²) in [5.74, 6) is 0. The molecule has 0 amide bonds. The lowest BCUT2D eigenvalue weighted by molar-refractivity contribution is 0.199. The first-order valence-electron chi connectivity index (χ1n) is 5.56. The highest BCUT2D eigenvalue weighted by molar-refractivity contribution is 9.10. The molecule has 1 N–H and O–H groups in total. The Bertz CT molecular complexity index is 486. The third-order valence-electron chi connectivity index (χ3n) is 2.31. The average Bonchev–Trinajstić information content (AvgIpc) is 2.97. The lowest BCUT2D eigenvalue weighted by atomic mass is 10.4. The minimum absolute atomic E-state index is 0.698. The summed E-state index contributed by atoms with van der Waals surface area (Å²) in [7, 11) is 1.70. The van der Waals surface area contributed by atoms with Crippen LogP contribution in [0.5, 0.6) is 0 Å². The maximum absolute atomic E-state index is 5.18. The van der Waals surface area contributed by atoms with Gasteiger partial charge >= 0.3 is 0 Å². The maximum atomic E-state index is 5.18. The standard InChI is InChI=1S/C11H14BrN3O2S/c1-16-7-5-13-4-2-9-14-15-11(18-9)8-3-6-17-10(8)12/h3,6,13H,2,4-5,7H2,1H3. The summed E-state index contributed by atoms with van der Waals surface area (Å²) in [6.45, 7) is 2.46. The van der Waals surface area contributed by atoms with Gasteiger partial charge in [0, 0.05) is 26.6 Å². The van der Waals surface area contributed by atoms with E-state index in [9.17, 15) is 0 Å². The van der Waals surface area contributed by atoms with Gasteiger partial charge in [0.15, 0.2) is 9.68 Å². The molecule has 0 aliphatic carbocycles. The molecule has 98 valence electrons. The van der Waals surface area contributed by atoms with Crippen molar-refractivity contribution in [2.75, 3.05) is 26.8 Å². The second kappa shape index (κ2) is 6.98. The first-order chi connectivity index (χ1) is 8.81. The predicted molar refractivity (Wildman–Crippen MR) is 73.8 cm³/mol. The van der Waals surface area contributed by atoms with Crippen LogP contribution in [0.3, 0.4) is 0 Å². The number of aromatic nitrogens is 2. The Balaban J connectivity index is 1.85. The summed E-state index contributed by atoms with van der Waals surface area (Å²) in [6, 6.07) is 1.88. The van der Waals surface area contributed by atoms with Crippen LogP contribution in [0.2, 0.25) is 0 Å². The van der Waals surface area contributed by atoms with E-state index in [4.69, 9.17) is 9.15 Å². The summed E-state index contributed by atoms with van der Waals surface area (Å²) >= 11 is 4.92. The van der Waals surface area contributed by atoms with Crippen LogP contribution in [0.1, 0.15) is 5.01 Å². The zero-order valence-corrected chi connectivity index (χ0v) is 12.4. The SMILES string of the molecule is COCCNCCc1nnc(-c2ccoc2Br)s1. The third-order valence-corrected chi connectivity index (χ3v) is 3.94. The molecule has 5 nitrogen and oxygen atoms in total. The molecule has 0 spiro atoms. The predicted octanol–water partition coefficient (Wildman–Crippen LogP) is 2.34. The van der Waals surface area contributed by atoms with E-state index in [2.05, 4.69) is 31.4 Å². The lowest BCUT2D eigenvalue weighted by Gasteiger charge is -2.00. The van der Waals surface area contributed by atoms with Gasteiger partial charge in [-0.1, -0.05) is 11.3 Å². The van der Waals surface area contributed by atoms with Crippen LogP contribution in [0, 0.1) is 0 Å². The fourth-order valence-electron chi connectivity index (χ4n) is 1.40. The highest BCUT2D eigenvalue weighted by atomic mass is 79.9. The van der Waals surface area contributed by atoms with Crippen molar-refractivity contribution in [3.05, 3.63) is 22.0 Å². The van der Waals surface area contributed by atoms with Gasteiger partial charge in [-0.25, -0.2) is 0 Å². The number of methoxy groups -OCH3 is 1. The normalized spacial score (nSPS) is 11.0. The summed E-state index contributed by atoms with van der Waals surface area (Å²) < 4.78 is 10.8. The molecule has 0 saturated heterocycles. The van der Waals surface area contributed by atoms with Crippen molar-refractivity contribution in [1.82, 2.24) is 15.5 Å². The van der Waals surface area contributed by atoms with E-state index in [1.54, 1.807) is 24.7 Å². The first kappa shape index (κ1) is 13.7. The quantitative estimate of drug-likeness (QED) is 0.789. The summed E-state index contributed by atoms with van der Waals surface area (Å²) in [5.41, 5.74) is 0.950. The maximum Gasteiger partial charge on any atom is 0.179 e. The Hall–Kier alpha value is -0.760. The van der Waals surface area contributed by atoms with E-state index >= 15 is 0 Å². The average molecular weight is 332 g/mol. The summed E-state index contributed by atoms with van der Waals surface area (Å²) in [6.07, 6.45) is 2.50. The van der Waals surface area contributed by atoms with Gasteiger partial charge in [-0.3, -0.25) is 0 Å². The molecule has 0 aliphatic heterocycles. The van der Waals surface area contributed by atoms with E-state index in [0.29, 0.717) is 4.67 Å². The zero-order chi connectivity index (χ0) is 12.8. The first-order valence-corrected chi connectivity index (χ1v) is 7.17. The number of hydrogen-bond donors (Lipinski definition) is 1. The number of hydrogen-bond acceptors (Lipinski definition) is 6. The second-order valence-electron chi connectivity index (χ2n) is 3.60. The van der Waals surface area contributed by atoms with Crippen LogP contribution in [0.15, 0.2) is 21.4 Å². The minimum atomic E-state index is 0.698. The van der Waals surface area contributed by atoms with Crippen LogP contribution >= 0.6 is 27.3 Å². The van der Waals surface area contributed by atoms with Gasteiger partial charge in [0.1, 0.15) is 5.01 Å². The Morgan fingerprint density at radius 3 is 3.06 bits per heavy atom. The topological polar surface area (TPSA) is 60.2 Å². The van der Waals surface area contributed by atoms with E-state index in [0.717, 1.165) is 41.7 Å². The van der Waals surface area contributed by atoms with E-state index in [-0.39, 0.29) is 0 Å². The Morgan fingerprint density at radius 1 is 1.44 bits per heavy atom. The van der Waals surface area contributed by atoms with Crippen LogP contribution in [-0.4, -0.2) is 37.0 Å². The molecular formula is C11H14BrN3O2S. The van der Waals surface area contributed by atoms with Crippen LogP contribution in [0.4, 0.5) is 0 Å². The molecule has 2 rings (SSSR count). The molecule has 0 bridgehead atoms. The Kier molecular flexibility index (Phi) is 5.30. The number of rotatable bonds is 7. The van der Waals surface area contributed by atoms with Gasteiger partial charge in [0.25, 0.3) is 0 Å². The molecule has 0 saturated carbocycles. The molecule has 0 atom stereocenters. The van der Waals surface area contributed by atoms with Gasteiger partial charge in [0.05, 0.1) is 18.4 Å². The molecule has 0 radical (unpaired) electrons. The third kappa shape index (κ3) is 3.61. The minimum Gasteiger partial charge on any atom is -0.457 e. The fraction of sp³-hybridized carbons (Fsp3) is 0.455.